The molecule has 12 heavy (non-hydrogen) atoms. The Hall–Kier alpha value is -1.69. The van der Waals surface area contributed by atoms with Crippen LogP contribution in [0.25, 0.3) is 0 Å². The summed E-state index contributed by atoms with van der Waals surface area (Å²) in [5.41, 5.74) is 1.39. The summed E-state index contributed by atoms with van der Waals surface area (Å²) in [7, 11) is 1.62. The van der Waals surface area contributed by atoms with Crippen molar-refractivity contribution in [3.8, 4) is 0 Å². The van der Waals surface area contributed by atoms with Gasteiger partial charge in [0.2, 0.25) is 0 Å². The molecule has 0 saturated carbocycles. The van der Waals surface area contributed by atoms with Gasteiger partial charge >= 0.3 is 5.91 Å². The topological polar surface area (TPSA) is 84.2 Å². The SMILES string of the molecule is Cn1cc(C(=O)C(=O)NO)cn1. The minimum atomic E-state index is -1.07. The summed E-state index contributed by atoms with van der Waals surface area (Å²) in [6, 6.07) is 0. The van der Waals surface area contributed by atoms with Gasteiger partial charge in [-0.25, -0.2) is 5.48 Å². The van der Waals surface area contributed by atoms with Crippen LogP contribution < -0.4 is 5.48 Å². The zero-order valence-electron chi connectivity index (χ0n) is 6.31. The van der Waals surface area contributed by atoms with Gasteiger partial charge in [-0.2, -0.15) is 5.10 Å². The van der Waals surface area contributed by atoms with E-state index in [0.29, 0.717) is 0 Å². The Kier molecular flexibility index (Phi) is 2.20. The summed E-state index contributed by atoms with van der Waals surface area (Å²) in [6.45, 7) is 0. The van der Waals surface area contributed by atoms with E-state index in [1.807, 2.05) is 0 Å². The van der Waals surface area contributed by atoms with Crippen molar-refractivity contribution in [1.29, 1.82) is 0 Å². The number of hydroxylamine groups is 1. The number of nitrogens with zero attached hydrogens (tertiary/aromatic N) is 2. The summed E-state index contributed by atoms with van der Waals surface area (Å²) in [6.07, 6.45) is 2.63. The second-order valence-corrected chi connectivity index (χ2v) is 2.17. The molecule has 6 heteroatoms. The van der Waals surface area contributed by atoms with E-state index in [2.05, 4.69) is 5.10 Å². The minimum Gasteiger partial charge on any atom is -0.288 e. The first-order chi connectivity index (χ1) is 5.65. The Morgan fingerprint density at radius 2 is 2.33 bits per heavy atom. The highest BCUT2D eigenvalue weighted by atomic mass is 16.5. The standard InChI is InChI=1S/C6H7N3O3/c1-9-3-4(2-7-9)5(10)6(11)8-12/h2-3,12H,1H3,(H,8,11). The van der Waals surface area contributed by atoms with Gasteiger partial charge < -0.3 is 0 Å². The summed E-state index contributed by atoms with van der Waals surface area (Å²) in [5.74, 6) is -1.88. The fourth-order valence-electron chi connectivity index (χ4n) is 0.720. The highest BCUT2D eigenvalue weighted by molar-refractivity contribution is 6.42. The van der Waals surface area contributed by atoms with Gasteiger partial charge in [0.15, 0.2) is 0 Å². The molecule has 0 bridgehead atoms. The molecular formula is C6H7N3O3. The number of amides is 1. The molecule has 1 aromatic rings. The third-order valence-electron chi connectivity index (χ3n) is 1.27. The molecule has 0 spiro atoms. The molecule has 1 amide bonds. The number of carbonyl (C=O) groups excluding carboxylic acids is 2. The molecule has 0 aliphatic heterocycles. The lowest BCUT2D eigenvalue weighted by Gasteiger charge is -1.92. The van der Waals surface area contributed by atoms with E-state index in [0.717, 1.165) is 0 Å². The Labute approximate surface area is 67.8 Å². The number of Topliss-reactive ketones (excluding diaryl/α,β-unsaturated/α-hetero) is 1. The second kappa shape index (κ2) is 3.14. The molecule has 0 aliphatic carbocycles. The van der Waals surface area contributed by atoms with Crippen molar-refractivity contribution in [3.63, 3.8) is 0 Å². The first-order valence-electron chi connectivity index (χ1n) is 3.12. The van der Waals surface area contributed by atoms with Crippen molar-refractivity contribution >= 4 is 11.7 Å². The number of nitrogens with one attached hydrogen (secondary N) is 1. The van der Waals surface area contributed by atoms with Crippen LogP contribution in [0, 0.1) is 0 Å². The maximum absolute atomic E-state index is 11.0. The number of ketones is 1. The van der Waals surface area contributed by atoms with Crippen LogP contribution in [0.3, 0.4) is 0 Å². The first-order valence-corrected chi connectivity index (χ1v) is 3.12. The Morgan fingerprint density at radius 1 is 1.67 bits per heavy atom. The first kappa shape index (κ1) is 8.41. The van der Waals surface area contributed by atoms with E-state index < -0.39 is 11.7 Å². The average molecular weight is 169 g/mol. The van der Waals surface area contributed by atoms with Crippen molar-refractivity contribution < 1.29 is 14.8 Å². The summed E-state index contributed by atoms with van der Waals surface area (Å²) < 4.78 is 1.39. The van der Waals surface area contributed by atoms with Crippen molar-refractivity contribution in [2.75, 3.05) is 0 Å². The molecule has 0 radical (unpaired) electrons. The van der Waals surface area contributed by atoms with Crippen LogP contribution in [0.15, 0.2) is 12.4 Å². The molecule has 64 valence electrons. The van der Waals surface area contributed by atoms with E-state index in [1.54, 1.807) is 7.05 Å². The largest absolute Gasteiger partial charge is 0.315 e. The molecule has 0 aromatic carbocycles. The zero-order valence-corrected chi connectivity index (χ0v) is 6.31. The van der Waals surface area contributed by atoms with Crippen LogP contribution >= 0.6 is 0 Å². The molecule has 0 aliphatic rings. The fraction of sp³-hybridized carbons (Fsp3) is 0.167. The molecule has 0 fully saturated rings. The van der Waals surface area contributed by atoms with Crippen molar-refractivity contribution in [2.45, 2.75) is 0 Å². The van der Waals surface area contributed by atoms with Crippen molar-refractivity contribution in [3.05, 3.63) is 18.0 Å². The molecule has 0 saturated heterocycles. The lowest BCUT2D eigenvalue weighted by Crippen LogP contribution is -2.27. The van der Waals surface area contributed by atoms with Crippen LogP contribution in [-0.2, 0) is 11.8 Å². The van der Waals surface area contributed by atoms with E-state index >= 15 is 0 Å². The maximum atomic E-state index is 11.0. The molecule has 2 N–H and O–H groups in total. The van der Waals surface area contributed by atoms with Crippen LogP contribution in [0.5, 0.6) is 0 Å². The van der Waals surface area contributed by atoms with Crippen molar-refractivity contribution in [2.24, 2.45) is 7.05 Å². The van der Waals surface area contributed by atoms with Gasteiger partial charge in [0.1, 0.15) is 0 Å². The van der Waals surface area contributed by atoms with Gasteiger partial charge in [0.25, 0.3) is 5.78 Å². The second-order valence-electron chi connectivity index (χ2n) is 2.17. The molecule has 6 nitrogen and oxygen atoms in total. The molecular weight excluding hydrogens is 162 g/mol. The predicted molar refractivity (Wildman–Crippen MR) is 37.5 cm³/mol. The van der Waals surface area contributed by atoms with Crippen LogP contribution in [0.2, 0.25) is 0 Å². The van der Waals surface area contributed by atoms with Gasteiger partial charge in [-0.15, -0.1) is 0 Å². The molecule has 1 rings (SSSR count). The summed E-state index contributed by atoms with van der Waals surface area (Å²) in [4.78, 5) is 21.5. The van der Waals surface area contributed by atoms with Crippen molar-refractivity contribution in [1.82, 2.24) is 15.3 Å². The molecule has 1 aromatic heterocycles. The van der Waals surface area contributed by atoms with Crippen LogP contribution in [0.1, 0.15) is 10.4 Å². The Balaban J connectivity index is 2.85. The van der Waals surface area contributed by atoms with Gasteiger partial charge in [0, 0.05) is 13.2 Å². The Bertz CT molecular complexity index is 318. The minimum absolute atomic E-state index is 0.143. The van der Waals surface area contributed by atoms with Gasteiger partial charge in [0.05, 0.1) is 11.8 Å². The number of hydrogen-bond acceptors (Lipinski definition) is 4. The summed E-state index contributed by atoms with van der Waals surface area (Å²) in [5, 5.41) is 11.8. The van der Waals surface area contributed by atoms with Crippen LogP contribution in [-0.4, -0.2) is 26.7 Å². The van der Waals surface area contributed by atoms with E-state index in [4.69, 9.17) is 5.21 Å². The monoisotopic (exact) mass is 169 g/mol. The third-order valence-corrected chi connectivity index (χ3v) is 1.27. The quantitative estimate of drug-likeness (QED) is 0.260. The molecule has 1 heterocycles. The maximum Gasteiger partial charge on any atom is 0.315 e. The van der Waals surface area contributed by atoms with E-state index in [9.17, 15) is 9.59 Å². The molecule has 0 atom stereocenters. The Morgan fingerprint density at radius 3 is 2.75 bits per heavy atom. The fourth-order valence-corrected chi connectivity index (χ4v) is 0.720. The van der Waals surface area contributed by atoms with Crippen LogP contribution in [0.4, 0.5) is 0 Å². The number of carbonyl (C=O) groups is 2. The molecule has 0 unspecified atom stereocenters. The highest BCUT2D eigenvalue weighted by Gasteiger charge is 2.16. The number of rotatable bonds is 2. The van der Waals surface area contributed by atoms with Gasteiger partial charge in [-0.05, 0) is 0 Å². The normalized spacial score (nSPS) is 9.50. The van der Waals surface area contributed by atoms with Gasteiger partial charge in [-0.3, -0.25) is 19.5 Å². The lowest BCUT2D eigenvalue weighted by molar-refractivity contribution is -0.124. The number of aromatic nitrogens is 2. The van der Waals surface area contributed by atoms with Gasteiger partial charge in [-0.1, -0.05) is 0 Å². The number of hydrogen-bond donors (Lipinski definition) is 2. The van der Waals surface area contributed by atoms with E-state index in [-0.39, 0.29) is 5.56 Å². The summed E-state index contributed by atoms with van der Waals surface area (Å²) >= 11 is 0. The average Bonchev–Trinajstić information content (AvgIpc) is 2.49. The zero-order chi connectivity index (χ0) is 9.14. The predicted octanol–water partition coefficient (Wildman–Crippen LogP) is -0.892. The number of aryl methyl sites for hydroxylation is 1. The highest BCUT2D eigenvalue weighted by Crippen LogP contribution is 1.97. The van der Waals surface area contributed by atoms with E-state index in [1.165, 1.54) is 22.6 Å². The third kappa shape index (κ3) is 1.48. The smallest absolute Gasteiger partial charge is 0.288 e. The lowest BCUT2D eigenvalue weighted by atomic mass is 10.2.